The number of hydrogen-bond donors (Lipinski definition) is 2. The first-order valence-corrected chi connectivity index (χ1v) is 11.3. The van der Waals surface area contributed by atoms with Gasteiger partial charge in [-0.25, -0.2) is 4.99 Å². The van der Waals surface area contributed by atoms with E-state index in [9.17, 15) is 0 Å². The number of nitrogens with one attached hydrogen (secondary N) is 2. The Bertz CT molecular complexity index is 998. The van der Waals surface area contributed by atoms with Gasteiger partial charge in [0.15, 0.2) is 5.96 Å². The number of benzene rings is 1. The van der Waals surface area contributed by atoms with Crippen LogP contribution in [0.4, 0.5) is 0 Å². The molecule has 2 heterocycles. The molecule has 0 amide bonds. The molecule has 32 heavy (non-hydrogen) atoms. The van der Waals surface area contributed by atoms with Crippen molar-refractivity contribution < 1.29 is 4.42 Å². The number of furan rings is 1. The van der Waals surface area contributed by atoms with E-state index in [0.717, 1.165) is 37.1 Å². The fraction of sp³-hybridized carbons (Fsp3) is 0.458. The van der Waals surface area contributed by atoms with Crippen LogP contribution < -0.4 is 10.6 Å². The Balaban J connectivity index is 0.00000289. The van der Waals surface area contributed by atoms with Crippen molar-refractivity contribution in [2.75, 3.05) is 6.54 Å². The molecule has 4 rings (SSSR count). The number of aryl methyl sites for hydroxylation is 3. The zero-order valence-corrected chi connectivity index (χ0v) is 21.2. The highest BCUT2D eigenvalue weighted by atomic mass is 127. The molecular weight excluding hydrogens is 515 g/mol. The van der Waals surface area contributed by atoms with E-state index >= 15 is 0 Å². The third-order valence-electron chi connectivity index (χ3n) is 5.86. The summed E-state index contributed by atoms with van der Waals surface area (Å²) < 4.78 is 7.52. The Kier molecular flexibility index (Phi) is 9.13. The van der Waals surface area contributed by atoms with Gasteiger partial charge in [-0.2, -0.15) is 0 Å². The highest BCUT2D eigenvalue weighted by Crippen LogP contribution is 2.24. The minimum atomic E-state index is 0. The Morgan fingerprint density at radius 2 is 2.06 bits per heavy atom. The summed E-state index contributed by atoms with van der Waals surface area (Å²) in [4.78, 5) is 4.74. The van der Waals surface area contributed by atoms with Gasteiger partial charge in [0.25, 0.3) is 0 Å². The van der Waals surface area contributed by atoms with Crippen LogP contribution >= 0.6 is 24.0 Å². The molecule has 0 aliphatic heterocycles. The van der Waals surface area contributed by atoms with E-state index in [1.54, 1.807) is 12.6 Å². The number of aromatic nitrogens is 3. The number of rotatable bonds is 8. The summed E-state index contributed by atoms with van der Waals surface area (Å²) in [5.74, 6) is 2.61. The Labute approximate surface area is 207 Å². The first-order chi connectivity index (χ1) is 15.2. The number of aliphatic imine (C=N–C) groups is 1. The Morgan fingerprint density at radius 3 is 2.84 bits per heavy atom. The molecule has 0 spiro atoms. The van der Waals surface area contributed by atoms with Crippen LogP contribution in [0.2, 0.25) is 0 Å². The van der Waals surface area contributed by atoms with E-state index < -0.39 is 0 Å². The molecule has 0 radical (unpaired) electrons. The first kappa shape index (κ1) is 24.3. The maximum atomic E-state index is 5.45. The molecule has 172 valence electrons. The molecule has 8 heteroatoms. The summed E-state index contributed by atoms with van der Waals surface area (Å²) in [5, 5.41) is 15.2. The van der Waals surface area contributed by atoms with Gasteiger partial charge < -0.3 is 19.6 Å². The second kappa shape index (κ2) is 12.0. The van der Waals surface area contributed by atoms with E-state index in [2.05, 4.69) is 57.4 Å². The molecule has 0 saturated heterocycles. The van der Waals surface area contributed by atoms with Crippen LogP contribution in [0, 0.1) is 0 Å². The van der Waals surface area contributed by atoms with Gasteiger partial charge in [-0.1, -0.05) is 25.1 Å². The molecule has 0 bridgehead atoms. The zero-order valence-electron chi connectivity index (χ0n) is 18.9. The maximum absolute atomic E-state index is 5.45. The topological polar surface area (TPSA) is 80.3 Å². The molecule has 7 nitrogen and oxygen atoms in total. The van der Waals surface area contributed by atoms with Crippen LogP contribution in [-0.2, 0) is 32.4 Å². The highest BCUT2D eigenvalue weighted by Gasteiger charge is 2.14. The fourth-order valence-electron chi connectivity index (χ4n) is 4.06. The standard InChI is InChI=1S/C24H32N6O.HI/c1-3-23-29-27-17-30(23)13-12-25-24(26-16-22-9-6-14-31-22)28-18(2)20-11-10-19-7-4-5-8-21(19)15-20;/h6,9-11,14-15,17-18H,3-5,7-8,12-13,16H2,1-2H3,(H2,25,26,28);1H. The summed E-state index contributed by atoms with van der Waals surface area (Å²) in [7, 11) is 0. The second-order valence-electron chi connectivity index (χ2n) is 8.07. The van der Waals surface area contributed by atoms with Crippen molar-refractivity contribution in [1.82, 2.24) is 25.4 Å². The van der Waals surface area contributed by atoms with Crippen LogP contribution in [0.5, 0.6) is 0 Å². The molecular formula is C24H33IN6O. The average molecular weight is 548 g/mol. The molecule has 1 aromatic carbocycles. The van der Waals surface area contributed by atoms with Gasteiger partial charge in [0.05, 0.1) is 12.3 Å². The first-order valence-electron chi connectivity index (χ1n) is 11.3. The molecule has 2 aromatic heterocycles. The number of hydrogen-bond acceptors (Lipinski definition) is 4. The monoisotopic (exact) mass is 548 g/mol. The quantitative estimate of drug-likeness (QED) is 0.248. The van der Waals surface area contributed by atoms with Crippen molar-refractivity contribution in [3.8, 4) is 0 Å². The van der Waals surface area contributed by atoms with Gasteiger partial charge in [0.1, 0.15) is 24.5 Å². The van der Waals surface area contributed by atoms with E-state index in [0.29, 0.717) is 6.54 Å². The third kappa shape index (κ3) is 6.34. The van der Waals surface area contributed by atoms with Gasteiger partial charge in [-0.15, -0.1) is 34.2 Å². The van der Waals surface area contributed by atoms with Crippen LogP contribution in [0.3, 0.4) is 0 Å². The van der Waals surface area contributed by atoms with Crippen LogP contribution in [-0.4, -0.2) is 27.3 Å². The van der Waals surface area contributed by atoms with Crippen molar-refractivity contribution in [3.63, 3.8) is 0 Å². The summed E-state index contributed by atoms with van der Waals surface area (Å²) in [6, 6.07) is 10.9. The lowest BCUT2D eigenvalue weighted by molar-refractivity contribution is 0.511. The average Bonchev–Trinajstić information content (AvgIpc) is 3.48. The molecule has 0 saturated carbocycles. The summed E-state index contributed by atoms with van der Waals surface area (Å²) in [6.07, 6.45) is 9.32. The number of nitrogens with zero attached hydrogens (tertiary/aromatic N) is 4. The largest absolute Gasteiger partial charge is 0.467 e. The van der Waals surface area contributed by atoms with Crippen molar-refractivity contribution >= 4 is 29.9 Å². The van der Waals surface area contributed by atoms with E-state index in [1.165, 1.54) is 42.4 Å². The van der Waals surface area contributed by atoms with Gasteiger partial charge in [-0.05, 0) is 61.4 Å². The summed E-state index contributed by atoms with van der Waals surface area (Å²) >= 11 is 0. The lowest BCUT2D eigenvalue weighted by Gasteiger charge is -2.22. The number of halogens is 1. The minimum absolute atomic E-state index is 0. The minimum Gasteiger partial charge on any atom is -0.467 e. The molecule has 3 aromatic rings. The van der Waals surface area contributed by atoms with Crippen molar-refractivity contribution in [1.29, 1.82) is 0 Å². The van der Waals surface area contributed by atoms with Gasteiger partial charge >= 0.3 is 0 Å². The Hall–Kier alpha value is -2.36. The van der Waals surface area contributed by atoms with E-state index in [1.807, 2.05) is 12.1 Å². The molecule has 2 N–H and O–H groups in total. The van der Waals surface area contributed by atoms with Crippen LogP contribution in [0.1, 0.15) is 61.0 Å². The zero-order chi connectivity index (χ0) is 21.5. The van der Waals surface area contributed by atoms with Gasteiger partial charge in [0, 0.05) is 19.5 Å². The predicted molar refractivity (Wildman–Crippen MR) is 137 cm³/mol. The molecule has 1 aliphatic rings. The normalized spacial score (nSPS) is 14.4. The fourth-order valence-corrected chi connectivity index (χ4v) is 4.06. The van der Waals surface area contributed by atoms with Gasteiger partial charge in [0.2, 0.25) is 0 Å². The van der Waals surface area contributed by atoms with Crippen molar-refractivity contribution in [3.05, 3.63) is 71.2 Å². The van der Waals surface area contributed by atoms with Gasteiger partial charge in [-0.3, -0.25) is 0 Å². The molecule has 1 unspecified atom stereocenters. The summed E-state index contributed by atoms with van der Waals surface area (Å²) in [6.45, 7) is 6.28. The SMILES string of the molecule is CCc1nncn1CCNC(=NCc1ccco1)NC(C)c1ccc2c(c1)CCCC2.I. The van der Waals surface area contributed by atoms with Crippen LogP contribution in [0.15, 0.2) is 52.3 Å². The maximum Gasteiger partial charge on any atom is 0.192 e. The van der Waals surface area contributed by atoms with Crippen molar-refractivity contribution in [2.24, 2.45) is 4.99 Å². The number of guanidine groups is 1. The summed E-state index contributed by atoms with van der Waals surface area (Å²) in [5.41, 5.74) is 4.30. The van der Waals surface area contributed by atoms with E-state index in [4.69, 9.17) is 9.41 Å². The van der Waals surface area contributed by atoms with E-state index in [-0.39, 0.29) is 30.0 Å². The third-order valence-corrected chi connectivity index (χ3v) is 5.86. The second-order valence-corrected chi connectivity index (χ2v) is 8.07. The predicted octanol–water partition coefficient (Wildman–Crippen LogP) is 4.43. The molecule has 0 fully saturated rings. The highest BCUT2D eigenvalue weighted by molar-refractivity contribution is 14.0. The van der Waals surface area contributed by atoms with Crippen LogP contribution in [0.25, 0.3) is 0 Å². The number of fused-ring (bicyclic) bond motifs is 1. The lowest BCUT2D eigenvalue weighted by atomic mass is 9.89. The molecule has 1 aliphatic carbocycles. The lowest BCUT2D eigenvalue weighted by Crippen LogP contribution is -2.40. The van der Waals surface area contributed by atoms with Crippen molar-refractivity contribution in [2.45, 2.75) is 65.1 Å². The molecule has 1 atom stereocenters. The smallest absolute Gasteiger partial charge is 0.192 e. The Morgan fingerprint density at radius 1 is 1.22 bits per heavy atom.